The third-order valence-corrected chi connectivity index (χ3v) is 3.28. The molecule has 0 aliphatic heterocycles. The smallest absolute Gasteiger partial charge is 0.233 e. The Labute approximate surface area is 118 Å². The van der Waals surface area contributed by atoms with Gasteiger partial charge >= 0.3 is 0 Å². The zero-order valence-corrected chi connectivity index (χ0v) is 12.7. The predicted octanol–water partition coefficient (Wildman–Crippen LogP) is 5.16. The quantitative estimate of drug-likeness (QED) is 0.685. The third-order valence-electron chi connectivity index (χ3n) is 1.78. The van der Waals surface area contributed by atoms with Crippen molar-refractivity contribution in [3.8, 4) is 11.6 Å². The lowest BCUT2D eigenvalue weighted by Gasteiger charge is -2.06. The van der Waals surface area contributed by atoms with Crippen LogP contribution in [0.4, 0.5) is 0 Å². The molecule has 0 unspecified atom stereocenters. The molecule has 0 amide bonds. The van der Waals surface area contributed by atoms with E-state index in [1.165, 1.54) is 0 Å². The largest absolute Gasteiger partial charge is 0.438 e. The maximum absolute atomic E-state index is 5.64. The van der Waals surface area contributed by atoms with Crippen molar-refractivity contribution in [3.05, 3.63) is 49.9 Å². The summed E-state index contributed by atoms with van der Waals surface area (Å²) >= 11 is 10.1. The van der Waals surface area contributed by atoms with E-state index in [-0.39, 0.29) is 0 Å². The van der Waals surface area contributed by atoms with E-state index in [2.05, 4.69) is 52.8 Å². The average Bonchev–Trinajstić information content (AvgIpc) is 2.22. The lowest BCUT2D eigenvalue weighted by Crippen LogP contribution is -1.88. The SMILES string of the molecule is Brc1cccc(Oc2ncc(Br)cc2Br)c1. The molecule has 0 aliphatic carbocycles. The molecule has 5 heteroatoms. The van der Waals surface area contributed by atoms with E-state index in [0.717, 1.165) is 19.2 Å². The van der Waals surface area contributed by atoms with Gasteiger partial charge in [-0.05, 0) is 56.1 Å². The van der Waals surface area contributed by atoms with Gasteiger partial charge in [0.25, 0.3) is 0 Å². The van der Waals surface area contributed by atoms with Gasteiger partial charge in [-0.2, -0.15) is 0 Å². The number of ether oxygens (including phenoxy) is 1. The molecule has 0 atom stereocenters. The van der Waals surface area contributed by atoms with Crippen molar-refractivity contribution in [2.24, 2.45) is 0 Å². The Morgan fingerprint density at radius 1 is 1.00 bits per heavy atom. The highest BCUT2D eigenvalue weighted by Gasteiger charge is 2.05. The van der Waals surface area contributed by atoms with Crippen LogP contribution >= 0.6 is 47.8 Å². The van der Waals surface area contributed by atoms with Crippen LogP contribution in [0.15, 0.2) is 49.9 Å². The third kappa shape index (κ3) is 3.06. The monoisotopic (exact) mass is 405 g/mol. The van der Waals surface area contributed by atoms with Crippen molar-refractivity contribution in [1.29, 1.82) is 0 Å². The van der Waals surface area contributed by atoms with Crippen molar-refractivity contribution in [2.75, 3.05) is 0 Å². The molecule has 0 radical (unpaired) electrons. The van der Waals surface area contributed by atoms with Crippen LogP contribution in [0.2, 0.25) is 0 Å². The first-order valence-electron chi connectivity index (χ1n) is 4.39. The fraction of sp³-hybridized carbons (Fsp3) is 0. The van der Waals surface area contributed by atoms with E-state index in [0.29, 0.717) is 5.88 Å². The summed E-state index contributed by atoms with van der Waals surface area (Å²) in [7, 11) is 0. The standard InChI is InChI=1S/C11H6Br3NO/c12-7-2-1-3-9(4-7)16-11-10(14)5-8(13)6-15-11/h1-6H. The summed E-state index contributed by atoms with van der Waals surface area (Å²) in [6.45, 7) is 0. The first-order chi connectivity index (χ1) is 7.65. The van der Waals surface area contributed by atoms with E-state index in [4.69, 9.17) is 4.74 Å². The maximum atomic E-state index is 5.64. The topological polar surface area (TPSA) is 22.1 Å². The Kier molecular flexibility index (Phi) is 4.00. The zero-order valence-electron chi connectivity index (χ0n) is 7.95. The summed E-state index contributed by atoms with van der Waals surface area (Å²) < 4.78 is 8.32. The number of hydrogen-bond donors (Lipinski definition) is 0. The van der Waals surface area contributed by atoms with Gasteiger partial charge in [0.2, 0.25) is 5.88 Å². The van der Waals surface area contributed by atoms with Gasteiger partial charge in [0.1, 0.15) is 5.75 Å². The molecule has 1 heterocycles. The van der Waals surface area contributed by atoms with Crippen LogP contribution in [0.25, 0.3) is 0 Å². The molecule has 0 saturated carbocycles. The molecule has 2 aromatic rings. The second-order valence-electron chi connectivity index (χ2n) is 3.00. The van der Waals surface area contributed by atoms with E-state index >= 15 is 0 Å². The number of rotatable bonds is 2. The number of aromatic nitrogens is 1. The number of benzene rings is 1. The fourth-order valence-electron chi connectivity index (χ4n) is 1.12. The summed E-state index contributed by atoms with van der Waals surface area (Å²) in [4.78, 5) is 4.17. The molecule has 0 saturated heterocycles. The molecule has 0 N–H and O–H groups in total. The molecule has 1 aromatic heterocycles. The Morgan fingerprint density at radius 3 is 2.50 bits per heavy atom. The highest BCUT2D eigenvalue weighted by atomic mass is 79.9. The number of halogens is 3. The molecule has 2 nitrogen and oxygen atoms in total. The number of pyridine rings is 1. The summed E-state index contributed by atoms with van der Waals surface area (Å²) in [5.74, 6) is 1.28. The van der Waals surface area contributed by atoms with Gasteiger partial charge in [-0.15, -0.1) is 0 Å². The highest BCUT2D eigenvalue weighted by Crippen LogP contribution is 2.30. The summed E-state index contributed by atoms with van der Waals surface area (Å²) in [5, 5.41) is 0. The molecule has 0 fully saturated rings. The molecule has 0 bridgehead atoms. The van der Waals surface area contributed by atoms with Gasteiger partial charge in [-0.1, -0.05) is 22.0 Å². The van der Waals surface area contributed by atoms with E-state index in [1.54, 1.807) is 6.20 Å². The van der Waals surface area contributed by atoms with Crippen molar-refractivity contribution in [1.82, 2.24) is 4.98 Å². The van der Waals surface area contributed by atoms with Crippen LogP contribution in [-0.2, 0) is 0 Å². The second-order valence-corrected chi connectivity index (χ2v) is 5.69. The maximum Gasteiger partial charge on any atom is 0.233 e. The van der Waals surface area contributed by atoms with Crippen LogP contribution in [0.1, 0.15) is 0 Å². The Morgan fingerprint density at radius 2 is 1.81 bits per heavy atom. The minimum absolute atomic E-state index is 0.543. The van der Waals surface area contributed by atoms with E-state index < -0.39 is 0 Å². The molecule has 1 aromatic carbocycles. The van der Waals surface area contributed by atoms with Crippen molar-refractivity contribution in [2.45, 2.75) is 0 Å². The minimum atomic E-state index is 0.543. The second kappa shape index (κ2) is 5.29. The minimum Gasteiger partial charge on any atom is -0.438 e. The summed E-state index contributed by atoms with van der Waals surface area (Å²) in [6, 6.07) is 9.50. The van der Waals surface area contributed by atoms with Gasteiger partial charge in [-0.25, -0.2) is 4.98 Å². The van der Waals surface area contributed by atoms with Crippen LogP contribution in [-0.4, -0.2) is 4.98 Å². The van der Waals surface area contributed by atoms with Crippen LogP contribution < -0.4 is 4.74 Å². The molecule has 0 aliphatic rings. The Hall–Kier alpha value is -0.390. The van der Waals surface area contributed by atoms with Gasteiger partial charge in [0, 0.05) is 15.1 Å². The normalized spacial score (nSPS) is 10.2. The first kappa shape index (κ1) is 12.1. The van der Waals surface area contributed by atoms with Crippen LogP contribution in [0, 0.1) is 0 Å². The van der Waals surface area contributed by atoms with Gasteiger partial charge < -0.3 is 4.74 Å². The molecule has 82 valence electrons. The summed E-state index contributed by atoms with van der Waals surface area (Å²) in [5.41, 5.74) is 0. The predicted molar refractivity (Wildman–Crippen MR) is 73.9 cm³/mol. The van der Waals surface area contributed by atoms with Gasteiger partial charge in [0.15, 0.2) is 0 Å². The van der Waals surface area contributed by atoms with Crippen LogP contribution in [0.5, 0.6) is 11.6 Å². The Bertz CT molecular complexity index is 516. The van der Waals surface area contributed by atoms with Crippen molar-refractivity contribution >= 4 is 47.8 Å². The molecular formula is C11H6Br3NO. The summed E-state index contributed by atoms with van der Waals surface area (Å²) in [6.07, 6.45) is 1.69. The number of nitrogens with zero attached hydrogens (tertiary/aromatic N) is 1. The van der Waals surface area contributed by atoms with Crippen LogP contribution in [0.3, 0.4) is 0 Å². The van der Waals surface area contributed by atoms with Crippen molar-refractivity contribution < 1.29 is 4.74 Å². The molecule has 16 heavy (non-hydrogen) atoms. The highest BCUT2D eigenvalue weighted by molar-refractivity contribution is 9.11. The molecular weight excluding hydrogens is 402 g/mol. The molecule has 0 spiro atoms. The van der Waals surface area contributed by atoms with Gasteiger partial charge in [-0.3, -0.25) is 0 Å². The number of hydrogen-bond acceptors (Lipinski definition) is 2. The van der Waals surface area contributed by atoms with Gasteiger partial charge in [0.05, 0.1) is 4.47 Å². The van der Waals surface area contributed by atoms with Crippen molar-refractivity contribution in [3.63, 3.8) is 0 Å². The Balaban J connectivity index is 2.27. The molecule has 2 rings (SSSR count). The fourth-order valence-corrected chi connectivity index (χ4v) is 2.57. The zero-order chi connectivity index (χ0) is 11.5. The van der Waals surface area contributed by atoms with E-state index in [9.17, 15) is 0 Å². The lowest BCUT2D eigenvalue weighted by molar-refractivity contribution is 0.459. The lowest BCUT2D eigenvalue weighted by atomic mass is 10.3. The first-order valence-corrected chi connectivity index (χ1v) is 6.77. The van der Waals surface area contributed by atoms with E-state index in [1.807, 2.05) is 30.3 Å². The average molecular weight is 408 g/mol.